The molecule has 0 radical (unpaired) electrons. The van der Waals surface area contributed by atoms with Crippen LogP contribution in [0.2, 0.25) is 0 Å². The van der Waals surface area contributed by atoms with Gasteiger partial charge in [-0.3, -0.25) is 14.4 Å². The highest BCUT2D eigenvalue weighted by atomic mass is 16.3. The summed E-state index contributed by atoms with van der Waals surface area (Å²) in [6.07, 6.45) is 6.83. The van der Waals surface area contributed by atoms with Gasteiger partial charge in [0.2, 0.25) is 5.78 Å². The van der Waals surface area contributed by atoms with E-state index in [9.17, 15) is 24.6 Å². The Balaban J connectivity index is 1.79. The van der Waals surface area contributed by atoms with E-state index in [4.69, 9.17) is 0 Å². The van der Waals surface area contributed by atoms with Gasteiger partial charge < -0.3 is 10.2 Å². The van der Waals surface area contributed by atoms with Gasteiger partial charge in [0, 0.05) is 16.7 Å². The quantitative estimate of drug-likeness (QED) is 0.571. The Labute approximate surface area is 159 Å². The smallest absolute Gasteiger partial charge is 0.227 e. The van der Waals surface area contributed by atoms with Gasteiger partial charge in [0.1, 0.15) is 5.60 Å². The first-order valence-electron chi connectivity index (χ1n) is 9.94. The van der Waals surface area contributed by atoms with Crippen LogP contribution < -0.4 is 0 Å². The minimum absolute atomic E-state index is 0.00488. The number of ketones is 2. The third kappa shape index (κ3) is 2.21. The first-order chi connectivity index (χ1) is 12.6. The van der Waals surface area contributed by atoms with Crippen LogP contribution in [-0.4, -0.2) is 39.8 Å². The number of rotatable bonds is 2. The molecular formula is C22H28O5. The van der Waals surface area contributed by atoms with E-state index in [0.29, 0.717) is 6.42 Å². The highest BCUT2D eigenvalue weighted by Crippen LogP contribution is 2.67. The number of aliphatic hydroxyl groups excluding tert-OH is 1. The van der Waals surface area contributed by atoms with E-state index in [1.807, 2.05) is 13.0 Å². The average Bonchev–Trinajstić information content (AvgIpc) is 2.87. The first kappa shape index (κ1) is 18.8. The van der Waals surface area contributed by atoms with Gasteiger partial charge in [-0.2, -0.15) is 0 Å². The molecule has 4 aliphatic rings. The second-order valence-corrected chi connectivity index (χ2v) is 9.62. The summed E-state index contributed by atoms with van der Waals surface area (Å²) in [5.74, 6) is -0.452. The fourth-order valence-corrected chi connectivity index (χ4v) is 7.26. The molecule has 0 spiro atoms. The number of hydrogen-bond donors (Lipinski definition) is 2. The van der Waals surface area contributed by atoms with Gasteiger partial charge in [0.25, 0.3) is 0 Å². The fraction of sp³-hybridized carbons (Fsp3) is 0.682. The molecule has 5 nitrogen and oxygen atoms in total. The third-order valence-electron chi connectivity index (χ3n) is 8.48. The molecule has 0 saturated heterocycles. The van der Waals surface area contributed by atoms with E-state index >= 15 is 0 Å². The molecule has 0 aromatic heterocycles. The van der Waals surface area contributed by atoms with E-state index in [1.54, 1.807) is 12.2 Å². The van der Waals surface area contributed by atoms with Gasteiger partial charge in [-0.05, 0) is 55.6 Å². The topological polar surface area (TPSA) is 91.7 Å². The van der Waals surface area contributed by atoms with Gasteiger partial charge in [-0.25, -0.2) is 0 Å². The molecule has 3 saturated carbocycles. The van der Waals surface area contributed by atoms with Crippen molar-refractivity contribution in [1.29, 1.82) is 0 Å². The van der Waals surface area contributed by atoms with Crippen molar-refractivity contribution in [2.75, 3.05) is 0 Å². The van der Waals surface area contributed by atoms with Crippen molar-refractivity contribution < 1.29 is 24.6 Å². The van der Waals surface area contributed by atoms with Crippen LogP contribution in [0.25, 0.3) is 0 Å². The summed E-state index contributed by atoms with van der Waals surface area (Å²) in [5.41, 5.74) is -1.82. The Morgan fingerprint density at radius 3 is 2.70 bits per heavy atom. The van der Waals surface area contributed by atoms with Crippen molar-refractivity contribution in [2.45, 2.75) is 58.2 Å². The maximum absolute atomic E-state index is 12.3. The third-order valence-corrected chi connectivity index (χ3v) is 8.48. The summed E-state index contributed by atoms with van der Waals surface area (Å²) < 4.78 is 0. The predicted octanol–water partition coefficient (Wildman–Crippen LogP) is 2.01. The van der Waals surface area contributed by atoms with Crippen LogP contribution in [-0.2, 0) is 14.4 Å². The van der Waals surface area contributed by atoms with Crippen molar-refractivity contribution in [3.8, 4) is 0 Å². The largest absolute Gasteiger partial charge is 0.393 e. The molecule has 0 bridgehead atoms. The Morgan fingerprint density at radius 1 is 1.33 bits per heavy atom. The van der Waals surface area contributed by atoms with Crippen molar-refractivity contribution in [1.82, 2.24) is 0 Å². The average molecular weight is 372 g/mol. The zero-order valence-electron chi connectivity index (χ0n) is 16.1. The lowest BCUT2D eigenvalue weighted by Crippen LogP contribution is -2.62. The van der Waals surface area contributed by atoms with Crippen LogP contribution in [0.1, 0.15) is 46.5 Å². The Bertz CT molecular complexity index is 782. The van der Waals surface area contributed by atoms with Crippen LogP contribution >= 0.6 is 0 Å². The molecule has 0 aromatic carbocycles. The van der Waals surface area contributed by atoms with Gasteiger partial charge in [0.15, 0.2) is 12.1 Å². The van der Waals surface area contributed by atoms with Crippen LogP contribution in [0.4, 0.5) is 0 Å². The normalized spacial score (nSPS) is 51.1. The van der Waals surface area contributed by atoms with Gasteiger partial charge in [0.05, 0.1) is 6.10 Å². The molecule has 4 aliphatic carbocycles. The second-order valence-electron chi connectivity index (χ2n) is 9.62. The van der Waals surface area contributed by atoms with E-state index in [2.05, 4.69) is 13.8 Å². The molecule has 0 aliphatic heterocycles. The Morgan fingerprint density at radius 2 is 2.04 bits per heavy atom. The Kier molecular flexibility index (Phi) is 3.97. The molecule has 0 amide bonds. The SMILES string of the molecule is CC1C[C@@H]2[C@H](C(O)C[C@@]3(C)[C@H]2CC[C@]3(O)C(=O)C=O)[C@@]2(C)C=CC(=O)C=C12. The van der Waals surface area contributed by atoms with Gasteiger partial charge in [-0.1, -0.05) is 32.4 Å². The fourth-order valence-electron chi connectivity index (χ4n) is 7.26. The zero-order valence-corrected chi connectivity index (χ0v) is 16.1. The summed E-state index contributed by atoms with van der Waals surface area (Å²) in [4.78, 5) is 35.4. The van der Waals surface area contributed by atoms with E-state index in [-0.39, 0.29) is 48.6 Å². The number of Topliss-reactive ketones (excluding diaryl/α,β-unsaturated/α-hetero) is 1. The summed E-state index contributed by atoms with van der Waals surface area (Å²) >= 11 is 0. The number of carbonyl (C=O) groups excluding carboxylic acids is 3. The molecule has 5 heteroatoms. The van der Waals surface area contributed by atoms with Crippen molar-refractivity contribution in [2.24, 2.45) is 34.5 Å². The molecule has 27 heavy (non-hydrogen) atoms. The minimum atomic E-state index is -1.69. The number of carbonyl (C=O) groups is 3. The number of fused-ring (bicyclic) bond motifs is 5. The molecule has 8 atom stereocenters. The molecule has 146 valence electrons. The molecule has 0 aromatic rings. The molecular weight excluding hydrogens is 344 g/mol. The van der Waals surface area contributed by atoms with E-state index < -0.39 is 28.3 Å². The van der Waals surface area contributed by atoms with Crippen LogP contribution in [0.15, 0.2) is 23.8 Å². The first-order valence-corrected chi connectivity index (χ1v) is 9.94. The Hall–Kier alpha value is -1.59. The lowest BCUT2D eigenvalue weighted by Gasteiger charge is -2.60. The zero-order chi connectivity index (χ0) is 19.8. The van der Waals surface area contributed by atoms with Crippen molar-refractivity contribution >= 4 is 17.9 Å². The number of hydrogen-bond acceptors (Lipinski definition) is 5. The lowest BCUT2D eigenvalue weighted by atomic mass is 9.45. The summed E-state index contributed by atoms with van der Waals surface area (Å²) in [6.45, 7) is 6.07. The highest BCUT2D eigenvalue weighted by molar-refractivity contribution is 6.29. The van der Waals surface area contributed by atoms with Crippen molar-refractivity contribution in [3.63, 3.8) is 0 Å². The summed E-state index contributed by atoms with van der Waals surface area (Å²) in [7, 11) is 0. The highest BCUT2D eigenvalue weighted by Gasteiger charge is 2.68. The monoisotopic (exact) mass is 372 g/mol. The van der Waals surface area contributed by atoms with Crippen molar-refractivity contribution in [3.05, 3.63) is 23.8 Å². The number of allylic oxidation sites excluding steroid dienone is 4. The van der Waals surface area contributed by atoms with E-state index in [0.717, 1.165) is 12.0 Å². The lowest BCUT2D eigenvalue weighted by molar-refractivity contribution is -0.178. The molecule has 3 fully saturated rings. The minimum Gasteiger partial charge on any atom is -0.393 e. The summed E-state index contributed by atoms with van der Waals surface area (Å²) in [6, 6.07) is 0. The number of aldehydes is 1. The molecule has 2 N–H and O–H groups in total. The van der Waals surface area contributed by atoms with Crippen LogP contribution in [0, 0.1) is 34.5 Å². The van der Waals surface area contributed by atoms with Crippen LogP contribution in [0.3, 0.4) is 0 Å². The standard InChI is InChI=1S/C22H28O5/c1-12-8-14-15-5-7-22(27,18(26)11-23)21(15,3)10-17(25)19(14)20(2)6-4-13(24)9-16(12)20/h4,6,9,11-12,14-15,17,19,25,27H,5,7-8,10H2,1-3H3/t12?,14-,15-,17?,19+,20-,21-,22-/m0/s1. The molecule has 2 unspecified atom stereocenters. The predicted molar refractivity (Wildman–Crippen MR) is 98.6 cm³/mol. The second kappa shape index (κ2) is 5.71. The molecule has 4 rings (SSSR count). The van der Waals surface area contributed by atoms with E-state index in [1.165, 1.54) is 0 Å². The van der Waals surface area contributed by atoms with Gasteiger partial charge in [-0.15, -0.1) is 0 Å². The molecule has 0 heterocycles. The maximum atomic E-state index is 12.3. The maximum Gasteiger partial charge on any atom is 0.227 e. The van der Waals surface area contributed by atoms with Crippen LogP contribution in [0.5, 0.6) is 0 Å². The summed E-state index contributed by atoms with van der Waals surface area (Å²) in [5, 5.41) is 22.4. The van der Waals surface area contributed by atoms with Gasteiger partial charge >= 0.3 is 0 Å². The number of aliphatic hydroxyl groups is 2.